The molecule has 3 aromatic rings. The van der Waals surface area contributed by atoms with E-state index in [0.29, 0.717) is 6.04 Å². The molecule has 9 nitrogen and oxygen atoms in total. The largest absolute Gasteiger partial charge is 0.364 e. The Labute approximate surface area is 201 Å². The first-order valence-corrected chi connectivity index (χ1v) is 12.3. The van der Waals surface area contributed by atoms with E-state index in [-0.39, 0.29) is 24.2 Å². The van der Waals surface area contributed by atoms with Gasteiger partial charge in [0, 0.05) is 50.9 Å². The van der Waals surface area contributed by atoms with Gasteiger partial charge >= 0.3 is 0 Å². The van der Waals surface area contributed by atoms with Gasteiger partial charge in [-0.25, -0.2) is 0 Å². The molecular formula is C25H36N8O. The van der Waals surface area contributed by atoms with Crippen LogP contribution in [0.4, 0.5) is 5.69 Å². The van der Waals surface area contributed by atoms with Crippen LogP contribution in [-0.4, -0.2) is 54.2 Å². The van der Waals surface area contributed by atoms with Crippen molar-refractivity contribution in [3.63, 3.8) is 0 Å². The van der Waals surface area contributed by atoms with E-state index in [4.69, 9.17) is 10.4 Å². The summed E-state index contributed by atoms with van der Waals surface area (Å²) >= 11 is 0. The number of aromatic nitrogens is 5. The van der Waals surface area contributed by atoms with Gasteiger partial charge in [-0.1, -0.05) is 13.8 Å². The highest BCUT2D eigenvalue weighted by atomic mass is 16.1. The number of fused-ring (bicyclic) bond motifs is 1. The Hall–Kier alpha value is -3.12. The van der Waals surface area contributed by atoms with Crippen LogP contribution >= 0.6 is 0 Å². The standard InChI is InChI=1S/C25H36N8O/c1-7-19-15-32(21-12-23(34)29(6)22-16-30(11-10-26)28-24(21)22)20(8-2)14-31(19)18(5)25-17(4)13-27-33(25)9-3/h12-13,16,18-20H,7-9,11,14-15H2,1-6H3/t18-,19+,20-/m0/s1. The molecular weight excluding hydrogens is 428 g/mol. The van der Waals surface area contributed by atoms with Gasteiger partial charge in [-0.15, -0.1) is 0 Å². The zero-order valence-electron chi connectivity index (χ0n) is 21.2. The van der Waals surface area contributed by atoms with Gasteiger partial charge in [0.2, 0.25) is 0 Å². The number of pyridine rings is 1. The summed E-state index contributed by atoms with van der Waals surface area (Å²) < 4.78 is 5.36. The minimum Gasteiger partial charge on any atom is -0.364 e. The Balaban J connectivity index is 1.74. The second kappa shape index (κ2) is 9.63. The third-order valence-electron chi connectivity index (χ3n) is 7.43. The second-order valence-electron chi connectivity index (χ2n) is 9.32. The maximum Gasteiger partial charge on any atom is 0.252 e. The van der Waals surface area contributed by atoms with Crippen molar-refractivity contribution in [2.45, 2.75) is 78.7 Å². The lowest BCUT2D eigenvalue weighted by Crippen LogP contribution is -2.59. The number of anilines is 1. The van der Waals surface area contributed by atoms with E-state index in [1.807, 2.05) is 6.20 Å². The molecule has 4 rings (SSSR count). The van der Waals surface area contributed by atoms with Crippen molar-refractivity contribution in [1.29, 1.82) is 5.26 Å². The Bertz CT molecular complexity index is 1260. The van der Waals surface area contributed by atoms with Gasteiger partial charge in [0.05, 0.1) is 35.4 Å². The average Bonchev–Trinajstić information content (AvgIpc) is 3.43. The third-order valence-corrected chi connectivity index (χ3v) is 7.43. The molecule has 0 unspecified atom stereocenters. The summed E-state index contributed by atoms with van der Waals surface area (Å²) in [5.41, 5.74) is 4.89. The van der Waals surface area contributed by atoms with Crippen LogP contribution in [0.2, 0.25) is 0 Å². The van der Waals surface area contributed by atoms with Crippen molar-refractivity contribution in [2.24, 2.45) is 7.05 Å². The minimum atomic E-state index is -0.0554. The fourth-order valence-electron chi connectivity index (χ4n) is 5.51. The molecule has 0 saturated carbocycles. The van der Waals surface area contributed by atoms with E-state index in [1.165, 1.54) is 11.3 Å². The summed E-state index contributed by atoms with van der Waals surface area (Å²) in [5.74, 6) is 0. The van der Waals surface area contributed by atoms with E-state index in [2.05, 4.69) is 60.3 Å². The molecule has 1 fully saturated rings. The first kappa shape index (κ1) is 24.0. The van der Waals surface area contributed by atoms with Crippen molar-refractivity contribution >= 4 is 16.7 Å². The van der Waals surface area contributed by atoms with Crippen LogP contribution in [0.5, 0.6) is 0 Å². The van der Waals surface area contributed by atoms with Gasteiger partial charge in [-0.05, 0) is 39.2 Å². The molecule has 1 saturated heterocycles. The highest BCUT2D eigenvalue weighted by Gasteiger charge is 2.37. The molecule has 1 aliphatic rings. The van der Waals surface area contributed by atoms with Crippen LogP contribution in [0.15, 0.2) is 23.3 Å². The van der Waals surface area contributed by atoms with Crippen LogP contribution in [0.25, 0.3) is 11.0 Å². The maximum absolute atomic E-state index is 12.9. The Kier molecular flexibility index (Phi) is 6.80. The topological polar surface area (TPSA) is 87.9 Å². The van der Waals surface area contributed by atoms with Crippen LogP contribution in [0.1, 0.15) is 57.8 Å². The van der Waals surface area contributed by atoms with Crippen LogP contribution < -0.4 is 10.5 Å². The number of rotatable bonds is 7. The molecule has 4 heterocycles. The van der Waals surface area contributed by atoms with Crippen LogP contribution in [0.3, 0.4) is 0 Å². The molecule has 9 heteroatoms. The molecule has 0 spiro atoms. The SMILES string of the molecule is CC[C@H]1CN([C@@H](C)c2c(C)cnn2CC)[C@H](CC)CN1c1cc(=O)n(C)c2cn(CC#N)nc12. The van der Waals surface area contributed by atoms with Crippen LogP contribution in [-0.2, 0) is 20.1 Å². The predicted molar refractivity (Wildman–Crippen MR) is 134 cm³/mol. The lowest BCUT2D eigenvalue weighted by molar-refractivity contribution is 0.0963. The number of hydrogen-bond donors (Lipinski definition) is 0. The fraction of sp³-hybridized carbons (Fsp3) is 0.600. The molecule has 1 aliphatic heterocycles. The quantitative estimate of drug-likeness (QED) is 0.534. The van der Waals surface area contributed by atoms with E-state index < -0.39 is 0 Å². The molecule has 0 amide bonds. The summed E-state index contributed by atoms with van der Waals surface area (Å²) in [6.45, 7) is 13.8. The lowest BCUT2D eigenvalue weighted by atomic mass is 9.97. The van der Waals surface area contributed by atoms with Gasteiger partial charge < -0.3 is 9.47 Å². The maximum atomic E-state index is 12.9. The average molecular weight is 465 g/mol. The van der Waals surface area contributed by atoms with Crippen molar-refractivity contribution in [3.05, 3.63) is 40.1 Å². The third kappa shape index (κ3) is 4.00. The number of aryl methyl sites for hydroxylation is 3. The van der Waals surface area contributed by atoms with Gasteiger partial charge in [0.15, 0.2) is 0 Å². The van der Waals surface area contributed by atoms with Crippen molar-refractivity contribution in [3.8, 4) is 6.07 Å². The molecule has 34 heavy (non-hydrogen) atoms. The summed E-state index contributed by atoms with van der Waals surface area (Å²) in [5, 5.41) is 18.4. The zero-order chi connectivity index (χ0) is 24.6. The number of nitrogens with zero attached hydrogens (tertiary/aromatic N) is 8. The van der Waals surface area contributed by atoms with Gasteiger partial charge in [-0.2, -0.15) is 15.5 Å². The fourth-order valence-corrected chi connectivity index (χ4v) is 5.51. The van der Waals surface area contributed by atoms with Crippen molar-refractivity contribution in [2.75, 3.05) is 18.0 Å². The second-order valence-corrected chi connectivity index (χ2v) is 9.32. The van der Waals surface area contributed by atoms with E-state index in [9.17, 15) is 4.79 Å². The molecule has 3 atom stereocenters. The Morgan fingerprint density at radius 2 is 1.94 bits per heavy atom. The minimum absolute atomic E-state index is 0.0554. The van der Waals surface area contributed by atoms with Crippen molar-refractivity contribution < 1.29 is 0 Å². The van der Waals surface area contributed by atoms with Gasteiger partial charge in [0.25, 0.3) is 5.56 Å². The lowest BCUT2D eigenvalue weighted by Gasteiger charge is -2.49. The first-order valence-electron chi connectivity index (χ1n) is 12.3. The molecule has 0 aliphatic carbocycles. The number of hydrogen-bond acceptors (Lipinski definition) is 6. The van der Waals surface area contributed by atoms with E-state index >= 15 is 0 Å². The highest BCUT2D eigenvalue weighted by Crippen LogP contribution is 2.35. The molecule has 182 valence electrons. The predicted octanol–water partition coefficient (Wildman–Crippen LogP) is 3.22. The molecule has 0 bridgehead atoms. The molecule has 3 aromatic heterocycles. The normalized spacial score (nSPS) is 20.1. The van der Waals surface area contributed by atoms with Crippen molar-refractivity contribution in [1.82, 2.24) is 29.0 Å². The number of piperazine rings is 1. The smallest absolute Gasteiger partial charge is 0.252 e. The summed E-state index contributed by atoms with van der Waals surface area (Å²) in [6.07, 6.45) is 5.74. The number of nitriles is 1. The van der Waals surface area contributed by atoms with Crippen LogP contribution in [0, 0.1) is 18.3 Å². The molecule has 0 N–H and O–H groups in total. The van der Waals surface area contributed by atoms with Gasteiger partial charge in [0.1, 0.15) is 12.1 Å². The zero-order valence-corrected chi connectivity index (χ0v) is 21.2. The summed E-state index contributed by atoms with van der Waals surface area (Å²) in [4.78, 5) is 17.9. The van der Waals surface area contributed by atoms with Gasteiger partial charge in [-0.3, -0.25) is 19.1 Å². The summed E-state index contributed by atoms with van der Waals surface area (Å²) in [6, 6.07) is 4.70. The summed E-state index contributed by atoms with van der Waals surface area (Å²) in [7, 11) is 1.76. The molecule has 0 radical (unpaired) electrons. The highest BCUT2D eigenvalue weighted by molar-refractivity contribution is 5.88. The Morgan fingerprint density at radius 1 is 1.21 bits per heavy atom. The Morgan fingerprint density at radius 3 is 2.59 bits per heavy atom. The molecule has 0 aromatic carbocycles. The monoisotopic (exact) mass is 464 g/mol. The van der Waals surface area contributed by atoms with E-state index in [0.717, 1.165) is 49.2 Å². The first-order chi connectivity index (χ1) is 16.3. The van der Waals surface area contributed by atoms with E-state index in [1.54, 1.807) is 28.6 Å².